The van der Waals surface area contributed by atoms with Crippen LogP contribution >= 0.6 is 24.0 Å². The molecule has 2 aromatic rings. The Bertz CT molecular complexity index is 753. The Labute approximate surface area is 192 Å². The highest BCUT2D eigenvalue weighted by atomic mass is 127. The molecule has 0 aliphatic rings. The molecule has 0 spiro atoms. The minimum Gasteiger partial charge on any atom is -0.493 e. The zero-order valence-electron chi connectivity index (χ0n) is 18.5. The number of benzene rings is 1. The van der Waals surface area contributed by atoms with Crippen molar-refractivity contribution in [2.24, 2.45) is 18.0 Å². The van der Waals surface area contributed by atoms with E-state index in [1.54, 1.807) is 6.20 Å². The van der Waals surface area contributed by atoms with Crippen LogP contribution < -0.4 is 15.4 Å². The number of nitrogens with zero attached hydrogens (tertiary/aromatic N) is 3. The molecule has 0 bridgehead atoms. The highest BCUT2D eigenvalue weighted by Crippen LogP contribution is 2.24. The molecule has 0 saturated heterocycles. The second-order valence-corrected chi connectivity index (χ2v) is 8.11. The molecule has 0 amide bonds. The normalized spacial score (nSPS) is 11.9. The Kier molecular flexibility index (Phi) is 10.5. The molecule has 2 N–H and O–H groups in total. The maximum atomic E-state index is 5.79. The number of hydrogen-bond donors (Lipinski definition) is 2. The van der Waals surface area contributed by atoms with Crippen LogP contribution in [0.3, 0.4) is 0 Å². The van der Waals surface area contributed by atoms with E-state index in [0.29, 0.717) is 12.5 Å². The Morgan fingerprint density at radius 2 is 1.86 bits per heavy atom. The van der Waals surface area contributed by atoms with Crippen LogP contribution in [0.15, 0.2) is 41.5 Å². The fourth-order valence-electron chi connectivity index (χ4n) is 2.73. The topological polar surface area (TPSA) is 63.5 Å². The smallest absolute Gasteiger partial charge is 0.191 e. The van der Waals surface area contributed by atoms with Crippen molar-refractivity contribution in [1.82, 2.24) is 20.4 Å². The van der Waals surface area contributed by atoms with Crippen LogP contribution in [0.5, 0.6) is 5.75 Å². The molecule has 0 saturated carbocycles. The van der Waals surface area contributed by atoms with E-state index in [1.807, 2.05) is 17.8 Å². The molecule has 0 aliphatic heterocycles. The van der Waals surface area contributed by atoms with Crippen LogP contribution in [0.25, 0.3) is 0 Å². The summed E-state index contributed by atoms with van der Waals surface area (Å²) in [6, 6.07) is 10.4. The fourth-order valence-corrected chi connectivity index (χ4v) is 2.73. The van der Waals surface area contributed by atoms with Gasteiger partial charge in [-0.2, -0.15) is 5.10 Å². The summed E-state index contributed by atoms with van der Waals surface area (Å²) in [6.07, 6.45) is 1.79. The van der Waals surface area contributed by atoms with Gasteiger partial charge in [0.15, 0.2) is 5.96 Å². The minimum atomic E-state index is -0.0424. The molecule has 0 aliphatic carbocycles. The lowest BCUT2D eigenvalue weighted by molar-refractivity contribution is 0.271. The Morgan fingerprint density at radius 3 is 2.41 bits per heavy atom. The lowest BCUT2D eigenvalue weighted by Crippen LogP contribution is -2.43. The van der Waals surface area contributed by atoms with Gasteiger partial charge in [0.2, 0.25) is 0 Å². The molecule has 7 heteroatoms. The zero-order valence-corrected chi connectivity index (χ0v) is 20.9. The minimum absolute atomic E-state index is 0. The summed E-state index contributed by atoms with van der Waals surface area (Å²) in [7, 11) is 1.93. The monoisotopic (exact) mass is 513 g/mol. The maximum absolute atomic E-state index is 5.79. The number of ether oxygens (including phenoxy) is 1. The summed E-state index contributed by atoms with van der Waals surface area (Å²) in [5.41, 5.74) is 2.30. The molecular formula is C22H36IN5O. The number of aryl methyl sites for hydroxylation is 1. The third kappa shape index (κ3) is 8.24. The van der Waals surface area contributed by atoms with Gasteiger partial charge in [0.25, 0.3) is 0 Å². The van der Waals surface area contributed by atoms with E-state index in [-0.39, 0.29) is 29.4 Å². The zero-order chi connectivity index (χ0) is 20.6. The van der Waals surface area contributed by atoms with Gasteiger partial charge in [-0.25, -0.2) is 4.99 Å². The predicted molar refractivity (Wildman–Crippen MR) is 131 cm³/mol. The molecule has 2 rings (SSSR count). The Morgan fingerprint density at radius 1 is 1.17 bits per heavy atom. The van der Waals surface area contributed by atoms with Gasteiger partial charge in [0.05, 0.1) is 18.8 Å². The molecule has 1 heterocycles. The third-order valence-electron chi connectivity index (χ3n) is 4.58. The van der Waals surface area contributed by atoms with Crippen molar-refractivity contribution in [3.05, 3.63) is 47.8 Å². The lowest BCUT2D eigenvalue weighted by Gasteiger charge is -2.27. The molecule has 1 aromatic heterocycles. The number of aliphatic imine (C=N–C) groups is 1. The van der Waals surface area contributed by atoms with Gasteiger partial charge >= 0.3 is 0 Å². The van der Waals surface area contributed by atoms with Gasteiger partial charge in [0.1, 0.15) is 5.75 Å². The number of guanidine groups is 1. The van der Waals surface area contributed by atoms with E-state index in [1.165, 1.54) is 5.56 Å². The van der Waals surface area contributed by atoms with Crippen molar-refractivity contribution in [3.8, 4) is 5.75 Å². The Balaban J connectivity index is 0.00000420. The largest absolute Gasteiger partial charge is 0.493 e. The van der Waals surface area contributed by atoms with E-state index in [0.717, 1.165) is 37.1 Å². The lowest BCUT2D eigenvalue weighted by atomic mass is 9.84. The summed E-state index contributed by atoms with van der Waals surface area (Å²) >= 11 is 0. The van der Waals surface area contributed by atoms with Crippen LogP contribution in [0.4, 0.5) is 0 Å². The van der Waals surface area contributed by atoms with Crippen LogP contribution in [0.1, 0.15) is 45.9 Å². The van der Waals surface area contributed by atoms with Crippen molar-refractivity contribution < 1.29 is 4.74 Å². The highest BCUT2D eigenvalue weighted by Gasteiger charge is 2.21. The number of hydrogen-bond acceptors (Lipinski definition) is 3. The molecular weight excluding hydrogens is 477 g/mol. The van der Waals surface area contributed by atoms with Crippen LogP contribution in [0, 0.1) is 5.92 Å². The summed E-state index contributed by atoms with van der Waals surface area (Å²) in [6.45, 7) is 13.8. The quantitative estimate of drug-likeness (QED) is 0.301. The number of halogens is 1. The van der Waals surface area contributed by atoms with Gasteiger partial charge < -0.3 is 15.4 Å². The van der Waals surface area contributed by atoms with Crippen LogP contribution in [-0.4, -0.2) is 35.4 Å². The number of rotatable bonds is 9. The van der Waals surface area contributed by atoms with Gasteiger partial charge in [-0.3, -0.25) is 4.68 Å². The SMILES string of the molecule is CCNC(=NCc1ccnn1C)NCC(C)(C)c1ccc(OCC(C)C)cc1.I. The van der Waals surface area contributed by atoms with Crippen molar-refractivity contribution in [2.75, 3.05) is 19.7 Å². The molecule has 0 atom stereocenters. The van der Waals surface area contributed by atoms with E-state index < -0.39 is 0 Å². The average molecular weight is 513 g/mol. The Hall–Kier alpha value is -1.77. The highest BCUT2D eigenvalue weighted by molar-refractivity contribution is 14.0. The molecule has 0 radical (unpaired) electrons. The number of nitrogens with one attached hydrogen (secondary N) is 2. The predicted octanol–water partition coefficient (Wildman–Crippen LogP) is 4.11. The summed E-state index contributed by atoms with van der Waals surface area (Å²) in [5, 5.41) is 11.0. The summed E-state index contributed by atoms with van der Waals surface area (Å²) in [4.78, 5) is 4.68. The third-order valence-corrected chi connectivity index (χ3v) is 4.58. The fraction of sp³-hybridized carbons (Fsp3) is 0.545. The van der Waals surface area contributed by atoms with Crippen molar-refractivity contribution in [2.45, 2.75) is 46.6 Å². The first-order valence-corrected chi connectivity index (χ1v) is 10.0. The first kappa shape index (κ1) is 25.3. The molecule has 0 fully saturated rings. The maximum Gasteiger partial charge on any atom is 0.191 e. The summed E-state index contributed by atoms with van der Waals surface area (Å²) < 4.78 is 7.64. The number of aromatic nitrogens is 2. The standard InChI is InChI=1S/C22H35N5O.HI/c1-7-23-21(24-14-19-12-13-26-27(19)6)25-16-22(4,5)18-8-10-20(11-9-18)28-15-17(2)3;/h8-13,17H,7,14-16H2,1-6H3,(H2,23,24,25);1H. The van der Waals surface area contributed by atoms with Crippen LogP contribution in [-0.2, 0) is 19.0 Å². The second kappa shape index (κ2) is 12.0. The van der Waals surface area contributed by atoms with Gasteiger partial charge in [-0.05, 0) is 36.6 Å². The molecule has 162 valence electrons. The first-order valence-electron chi connectivity index (χ1n) is 10.0. The van der Waals surface area contributed by atoms with E-state index in [4.69, 9.17) is 4.74 Å². The van der Waals surface area contributed by atoms with E-state index >= 15 is 0 Å². The van der Waals surface area contributed by atoms with Gasteiger partial charge in [-0.15, -0.1) is 24.0 Å². The van der Waals surface area contributed by atoms with Crippen molar-refractivity contribution >= 4 is 29.9 Å². The van der Waals surface area contributed by atoms with Gasteiger partial charge in [-0.1, -0.05) is 39.8 Å². The summed E-state index contributed by atoms with van der Waals surface area (Å²) in [5.74, 6) is 2.26. The molecule has 29 heavy (non-hydrogen) atoms. The molecule has 6 nitrogen and oxygen atoms in total. The van der Waals surface area contributed by atoms with Crippen LogP contribution in [0.2, 0.25) is 0 Å². The van der Waals surface area contributed by atoms with Crippen molar-refractivity contribution in [1.29, 1.82) is 0 Å². The van der Waals surface area contributed by atoms with Crippen molar-refractivity contribution in [3.63, 3.8) is 0 Å². The molecule has 0 unspecified atom stereocenters. The van der Waals surface area contributed by atoms with E-state index in [9.17, 15) is 0 Å². The average Bonchev–Trinajstić information content (AvgIpc) is 3.07. The molecule has 1 aromatic carbocycles. The van der Waals surface area contributed by atoms with Gasteiger partial charge in [0, 0.05) is 31.7 Å². The van der Waals surface area contributed by atoms with E-state index in [2.05, 4.69) is 79.6 Å². The first-order chi connectivity index (χ1) is 13.3. The second-order valence-electron chi connectivity index (χ2n) is 8.11.